The van der Waals surface area contributed by atoms with Crippen molar-refractivity contribution >= 4 is 34.2 Å². The predicted octanol–water partition coefficient (Wildman–Crippen LogP) is 3.10. The lowest BCUT2D eigenvalue weighted by Crippen LogP contribution is -2.39. The number of nitrogens with zero attached hydrogens (tertiary/aromatic N) is 2. The number of hydrogen-bond acceptors (Lipinski definition) is 3. The first-order valence-electron chi connectivity index (χ1n) is 8.45. The zero-order chi connectivity index (χ0) is 17.8. The second-order valence-electron chi connectivity index (χ2n) is 6.45. The minimum atomic E-state index is -0.298. The Morgan fingerprint density at radius 1 is 0.577 bits per heavy atom. The fourth-order valence-corrected chi connectivity index (χ4v) is 3.84. The molecule has 0 N–H and O–H groups in total. The van der Waals surface area contributed by atoms with Crippen molar-refractivity contribution in [1.29, 1.82) is 0 Å². The van der Waals surface area contributed by atoms with Crippen LogP contribution in [0.5, 0.6) is 0 Å². The van der Waals surface area contributed by atoms with E-state index in [0.29, 0.717) is 16.7 Å². The maximum Gasteiger partial charge on any atom is 0.261 e. The number of anilines is 1. The minimum Gasteiger partial charge on any atom is -0.306 e. The molecule has 0 fully saturated rings. The van der Waals surface area contributed by atoms with Crippen LogP contribution in [0.15, 0.2) is 60.7 Å². The molecule has 3 aromatic carbocycles. The first-order valence-corrected chi connectivity index (χ1v) is 8.45. The van der Waals surface area contributed by atoms with Gasteiger partial charge in [0.25, 0.3) is 17.7 Å². The van der Waals surface area contributed by atoms with Crippen molar-refractivity contribution in [3.8, 4) is 0 Å². The molecule has 0 unspecified atom stereocenters. The lowest BCUT2D eigenvalue weighted by atomic mass is 10.1. The van der Waals surface area contributed by atoms with Gasteiger partial charge in [0.15, 0.2) is 0 Å². The fourth-order valence-electron chi connectivity index (χ4n) is 3.84. The summed E-state index contributed by atoms with van der Waals surface area (Å²) in [6, 6.07) is 18.3. The molecular weight excluding hydrogens is 328 g/mol. The van der Waals surface area contributed by atoms with Gasteiger partial charge in [0.05, 0.1) is 16.8 Å². The zero-order valence-electron chi connectivity index (χ0n) is 13.8. The Morgan fingerprint density at radius 2 is 1.12 bits per heavy atom. The van der Waals surface area contributed by atoms with Crippen molar-refractivity contribution in [2.75, 3.05) is 18.0 Å². The largest absolute Gasteiger partial charge is 0.306 e. The van der Waals surface area contributed by atoms with Crippen molar-refractivity contribution < 1.29 is 14.4 Å². The minimum absolute atomic E-state index is 0.0894. The zero-order valence-corrected chi connectivity index (χ0v) is 13.8. The van der Waals surface area contributed by atoms with Gasteiger partial charge in [0.2, 0.25) is 0 Å². The topological polar surface area (TPSA) is 57.7 Å². The average molecular weight is 342 g/mol. The van der Waals surface area contributed by atoms with Crippen LogP contribution >= 0.6 is 0 Å². The molecule has 5 rings (SSSR count). The van der Waals surface area contributed by atoms with Gasteiger partial charge in [-0.15, -0.1) is 0 Å². The average Bonchev–Trinajstić information content (AvgIpc) is 3.08. The summed E-state index contributed by atoms with van der Waals surface area (Å²) < 4.78 is 0. The number of rotatable bonds is 3. The van der Waals surface area contributed by atoms with Crippen LogP contribution in [0.4, 0.5) is 5.69 Å². The number of benzene rings is 3. The van der Waals surface area contributed by atoms with Crippen molar-refractivity contribution in [1.82, 2.24) is 4.90 Å². The molecule has 26 heavy (non-hydrogen) atoms. The maximum absolute atomic E-state index is 12.8. The second kappa shape index (κ2) is 5.26. The van der Waals surface area contributed by atoms with E-state index in [9.17, 15) is 14.4 Å². The smallest absolute Gasteiger partial charge is 0.261 e. The van der Waals surface area contributed by atoms with Gasteiger partial charge in [0, 0.05) is 24.0 Å². The Bertz CT molecular complexity index is 1080. The van der Waals surface area contributed by atoms with Crippen molar-refractivity contribution in [2.45, 2.75) is 0 Å². The van der Waals surface area contributed by atoms with E-state index in [1.807, 2.05) is 36.4 Å². The Kier molecular flexibility index (Phi) is 3.00. The van der Waals surface area contributed by atoms with Gasteiger partial charge in [-0.3, -0.25) is 19.3 Å². The summed E-state index contributed by atoms with van der Waals surface area (Å²) in [5.74, 6) is -0.686. The van der Waals surface area contributed by atoms with Gasteiger partial charge in [-0.2, -0.15) is 0 Å². The van der Waals surface area contributed by atoms with Crippen LogP contribution in [0.2, 0.25) is 0 Å². The molecule has 2 aliphatic heterocycles. The van der Waals surface area contributed by atoms with Crippen LogP contribution in [0, 0.1) is 0 Å². The maximum atomic E-state index is 12.8. The highest BCUT2D eigenvalue weighted by Gasteiger charge is 2.36. The van der Waals surface area contributed by atoms with Crippen molar-refractivity contribution in [2.24, 2.45) is 0 Å². The number of fused-ring (bicyclic) bond motifs is 1. The molecule has 3 amide bonds. The first kappa shape index (κ1) is 14.8. The molecule has 5 nitrogen and oxygen atoms in total. The molecule has 0 saturated carbocycles. The normalized spacial score (nSPS) is 15.3. The van der Waals surface area contributed by atoms with Crippen LogP contribution in [0.1, 0.15) is 31.1 Å². The second-order valence-corrected chi connectivity index (χ2v) is 6.45. The van der Waals surface area contributed by atoms with Crippen LogP contribution < -0.4 is 4.90 Å². The molecule has 0 spiro atoms. The number of carbonyl (C=O) groups is 3. The van der Waals surface area contributed by atoms with E-state index >= 15 is 0 Å². The van der Waals surface area contributed by atoms with Crippen LogP contribution in [-0.2, 0) is 0 Å². The Labute approximate surface area is 149 Å². The van der Waals surface area contributed by atoms with Crippen molar-refractivity contribution in [3.63, 3.8) is 0 Å². The summed E-state index contributed by atoms with van der Waals surface area (Å²) >= 11 is 0. The van der Waals surface area contributed by atoms with Gasteiger partial charge in [-0.1, -0.05) is 36.4 Å². The molecule has 2 heterocycles. The SMILES string of the molecule is O=C1c2ccccc2C(=O)N1CCN1C(=O)c2cccc3cccc1c23. The summed E-state index contributed by atoms with van der Waals surface area (Å²) in [5, 5.41) is 1.94. The van der Waals surface area contributed by atoms with Gasteiger partial charge in [-0.25, -0.2) is 0 Å². The Balaban J connectivity index is 1.44. The molecule has 126 valence electrons. The summed E-state index contributed by atoms with van der Waals surface area (Å²) in [5.41, 5.74) is 2.35. The molecule has 0 atom stereocenters. The standard InChI is InChI=1S/C21H14N2O3/c24-19-14-7-1-2-8-15(14)20(25)23(19)12-11-22-17-10-4-6-13-5-3-9-16(18(13)17)21(22)26/h1-10H,11-12H2. The van der Waals surface area contributed by atoms with E-state index in [1.54, 1.807) is 29.2 Å². The van der Waals surface area contributed by atoms with E-state index in [0.717, 1.165) is 16.5 Å². The molecule has 3 aromatic rings. The Morgan fingerprint density at radius 3 is 1.81 bits per heavy atom. The molecule has 0 radical (unpaired) electrons. The number of imide groups is 1. The van der Waals surface area contributed by atoms with E-state index in [2.05, 4.69) is 0 Å². The molecule has 2 aliphatic rings. The number of carbonyl (C=O) groups excluding carboxylic acids is 3. The van der Waals surface area contributed by atoms with Crippen LogP contribution in [0.3, 0.4) is 0 Å². The van der Waals surface area contributed by atoms with Gasteiger partial charge >= 0.3 is 0 Å². The van der Waals surface area contributed by atoms with Crippen molar-refractivity contribution in [3.05, 3.63) is 77.4 Å². The third-order valence-electron chi connectivity index (χ3n) is 5.07. The van der Waals surface area contributed by atoms with Gasteiger partial charge in [0.1, 0.15) is 0 Å². The van der Waals surface area contributed by atoms with E-state index < -0.39 is 0 Å². The van der Waals surface area contributed by atoms with E-state index in [-0.39, 0.29) is 30.8 Å². The third kappa shape index (κ3) is 1.88. The summed E-state index contributed by atoms with van der Waals surface area (Å²) in [6.45, 7) is 0.445. The fraction of sp³-hybridized carbons (Fsp3) is 0.0952. The highest BCUT2D eigenvalue weighted by molar-refractivity contribution is 6.25. The third-order valence-corrected chi connectivity index (χ3v) is 5.07. The molecule has 0 aromatic heterocycles. The monoisotopic (exact) mass is 342 g/mol. The van der Waals surface area contributed by atoms with Crippen LogP contribution in [-0.4, -0.2) is 35.7 Å². The van der Waals surface area contributed by atoms with Gasteiger partial charge in [-0.05, 0) is 29.7 Å². The summed E-state index contributed by atoms with van der Waals surface area (Å²) in [4.78, 5) is 40.7. The Hall–Kier alpha value is -3.47. The molecule has 0 saturated heterocycles. The highest BCUT2D eigenvalue weighted by Crippen LogP contribution is 2.37. The summed E-state index contributed by atoms with van der Waals surface area (Å²) in [7, 11) is 0. The first-order chi connectivity index (χ1) is 12.7. The van der Waals surface area contributed by atoms with E-state index in [4.69, 9.17) is 0 Å². The molecule has 0 bridgehead atoms. The quantitative estimate of drug-likeness (QED) is 0.687. The predicted molar refractivity (Wildman–Crippen MR) is 97.4 cm³/mol. The van der Waals surface area contributed by atoms with E-state index in [1.165, 1.54) is 4.90 Å². The van der Waals surface area contributed by atoms with Gasteiger partial charge < -0.3 is 4.90 Å². The number of amides is 3. The lowest BCUT2D eigenvalue weighted by Gasteiger charge is -2.21. The summed E-state index contributed by atoms with van der Waals surface area (Å²) in [6.07, 6.45) is 0. The molecule has 5 heteroatoms. The number of hydrogen-bond donors (Lipinski definition) is 0. The highest BCUT2D eigenvalue weighted by atomic mass is 16.2. The molecule has 0 aliphatic carbocycles. The molecular formula is C21H14N2O3. The van der Waals surface area contributed by atoms with Crippen LogP contribution in [0.25, 0.3) is 10.8 Å². The lowest BCUT2D eigenvalue weighted by molar-refractivity contribution is 0.0654.